The quantitative estimate of drug-likeness (QED) is 0.668. The number of hydrogen-bond donors (Lipinski definition) is 2. The molecule has 0 aliphatic rings. The molecule has 0 aliphatic carbocycles. The maximum absolute atomic E-state index is 14.2. The summed E-state index contributed by atoms with van der Waals surface area (Å²) in [6, 6.07) is 7.88. The van der Waals surface area contributed by atoms with Gasteiger partial charge < -0.3 is 10.2 Å². The molecule has 2 aromatic carbocycles. The van der Waals surface area contributed by atoms with Gasteiger partial charge in [-0.2, -0.15) is 0 Å². The Kier molecular flexibility index (Phi) is 3.66. The maximum atomic E-state index is 14.2. The molecule has 0 aliphatic heterocycles. The molecule has 1 aromatic heterocycles. The lowest BCUT2D eigenvalue weighted by molar-refractivity contribution is 0.403. The van der Waals surface area contributed by atoms with Crippen LogP contribution in [-0.4, -0.2) is 23.2 Å². The van der Waals surface area contributed by atoms with Crippen molar-refractivity contribution < 1.29 is 23.0 Å². The molecule has 1 heterocycles. The fraction of sp³-hybridized carbons (Fsp3) is 0. The zero-order chi connectivity index (χ0) is 16.9. The van der Waals surface area contributed by atoms with Crippen molar-refractivity contribution in [3.8, 4) is 17.4 Å². The number of hydrogen-bond acceptors (Lipinski definition) is 4. The van der Waals surface area contributed by atoms with Crippen molar-refractivity contribution >= 4 is 42.1 Å². The van der Waals surface area contributed by atoms with Crippen molar-refractivity contribution in [1.29, 1.82) is 0 Å². The van der Waals surface area contributed by atoms with Crippen LogP contribution in [0, 0.1) is 5.82 Å². The molecule has 0 atom stereocenters. The fourth-order valence-electron chi connectivity index (χ4n) is 2.32. The summed E-state index contributed by atoms with van der Waals surface area (Å²) in [6.45, 7) is 0. The Labute approximate surface area is 139 Å². The number of aromatic hydroxyl groups is 2. The number of halogens is 3. The minimum atomic E-state index is -4.24. The Morgan fingerprint density at radius 1 is 1.04 bits per heavy atom. The molecule has 0 saturated carbocycles. The van der Waals surface area contributed by atoms with Crippen LogP contribution in [0.2, 0.25) is 5.02 Å². The SMILES string of the molecule is O=S(=O)(Cl)c1cc(-n2c(O)c3ccccc3c2O)c(F)cc1Cl. The van der Waals surface area contributed by atoms with Crippen LogP contribution >= 0.6 is 22.3 Å². The first kappa shape index (κ1) is 15.9. The molecule has 5 nitrogen and oxygen atoms in total. The van der Waals surface area contributed by atoms with Crippen LogP contribution in [0.4, 0.5) is 4.39 Å². The predicted octanol–water partition coefficient (Wildman–Crippen LogP) is 3.76. The van der Waals surface area contributed by atoms with Crippen LogP contribution in [0.5, 0.6) is 11.8 Å². The summed E-state index contributed by atoms with van der Waals surface area (Å²) in [6.07, 6.45) is 0. The molecule has 0 spiro atoms. The molecular weight excluding hydrogens is 368 g/mol. The molecule has 120 valence electrons. The summed E-state index contributed by atoms with van der Waals surface area (Å²) >= 11 is 5.69. The highest BCUT2D eigenvalue weighted by molar-refractivity contribution is 8.13. The Morgan fingerprint density at radius 3 is 2.04 bits per heavy atom. The van der Waals surface area contributed by atoms with Crippen LogP contribution in [-0.2, 0) is 9.05 Å². The molecule has 3 rings (SSSR count). The van der Waals surface area contributed by atoms with Crippen molar-refractivity contribution in [3.63, 3.8) is 0 Å². The Hall–Kier alpha value is -1.96. The van der Waals surface area contributed by atoms with Crippen LogP contribution < -0.4 is 0 Å². The molecular formula is C14H8Cl2FNO4S. The third kappa shape index (κ3) is 2.50. The van der Waals surface area contributed by atoms with Gasteiger partial charge in [0.1, 0.15) is 10.7 Å². The average Bonchev–Trinajstić information content (AvgIpc) is 2.71. The van der Waals surface area contributed by atoms with E-state index in [9.17, 15) is 23.0 Å². The third-order valence-electron chi connectivity index (χ3n) is 3.34. The zero-order valence-electron chi connectivity index (χ0n) is 11.2. The minimum absolute atomic E-state index is 0.273. The van der Waals surface area contributed by atoms with E-state index in [2.05, 4.69) is 0 Å². The van der Waals surface area contributed by atoms with E-state index >= 15 is 0 Å². The normalized spacial score (nSPS) is 12.0. The van der Waals surface area contributed by atoms with Gasteiger partial charge in [0.05, 0.1) is 10.7 Å². The summed E-state index contributed by atoms with van der Waals surface area (Å²) < 4.78 is 38.0. The van der Waals surface area contributed by atoms with Crippen LogP contribution in [0.25, 0.3) is 16.5 Å². The summed E-state index contributed by atoms with van der Waals surface area (Å²) in [4.78, 5) is -0.534. The van der Waals surface area contributed by atoms with E-state index < -0.39 is 42.2 Å². The zero-order valence-corrected chi connectivity index (χ0v) is 13.5. The van der Waals surface area contributed by atoms with Gasteiger partial charge in [0.25, 0.3) is 9.05 Å². The van der Waals surface area contributed by atoms with Crippen molar-refractivity contribution in [1.82, 2.24) is 4.57 Å². The lowest BCUT2D eigenvalue weighted by Gasteiger charge is -2.10. The highest BCUT2D eigenvalue weighted by atomic mass is 35.7. The van der Waals surface area contributed by atoms with Gasteiger partial charge in [-0.25, -0.2) is 17.4 Å². The van der Waals surface area contributed by atoms with E-state index in [-0.39, 0.29) is 10.8 Å². The summed E-state index contributed by atoms with van der Waals surface area (Å²) in [7, 11) is 1.03. The molecule has 0 radical (unpaired) electrons. The van der Waals surface area contributed by atoms with E-state index in [1.165, 1.54) is 12.1 Å². The third-order valence-corrected chi connectivity index (χ3v) is 5.12. The van der Waals surface area contributed by atoms with Gasteiger partial charge in [0.15, 0.2) is 0 Å². The first-order chi connectivity index (χ1) is 10.7. The molecule has 0 unspecified atom stereocenters. The monoisotopic (exact) mass is 375 g/mol. The van der Waals surface area contributed by atoms with Gasteiger partial charge in [-0.3, -0.25) is 0 Å². The van der Waals surface area contributed by atoms with E-state index in [4.69, 9.17) is 22.3 Å². The summed E-state index contributed by atoms with van der Waals surface area (Å²) in [5.74, 6) is -1.83. The Morgan fingerprint density at radius 2 is 1.57 bits per heavy atom. The molecule has 0 bridgehead atoms. The van der Waals surface area contributed by atoms with Crippen molar-refractivity contribution in [2.45, 2.75) is 4.90 Å². The molecule has 0 fully saturated rings. The van der Waals surface area contributed by atoms with Gasteiger partial charge in [-0.1, -0.05) is 23.7 Å². The van der Waals surface area contributed by atoms with Crippen molar-refractivity contribution in [3.05, 3.63) is 47.2 Å². The standard InChI is InChI=1S/C14H8Cl2FNO4S/c15-9-5-10(17)11(6-12(9)23(16,21)22)18-13(19)7-3-1-2-4-8(7)14(18)20/h1-6,19-20H. The van der Waals surface area contributed by atoms with E-state index in [1.54, 1.807) is 12.1 Å². The summed E-state index contributed by atoms with van der Waals surface area (Å²) in [5, 5.41) is 20.6. The smallest absolute Gasteiger partial charge is 0.262 e. The lowest BCUT2D eigenvalue weighted by Crippen LogP contribution is -2.01. The van der Waals surface area contributed by atoms with Crippen LogP contribution in [0.1, 0.15) is 0 Å². The lowest BCUT2D eigenvalue weighted by atomic mass is 10.2. The topological polar surface area (TPSA) is 79.5 Å². The van der Waals surface area contributed by atoms with Gasteiger partial charge in [-0.15, -0.1) is 0 Å². The maximum Gasteiger partial charge on any atom is 0.262 e. The highest BCUT2D eigenvalue weighted by Crippen LogP contribution is 2.40. The number of aromatic nitrogens is 1. The van der Waals surface area contributed by atoms with Gasteiger partial charge in [-0.05, 0) is 24.3 Å². The molecule has 0 amide bonds. The van der Waals surface area contributed by atoms with Crippen LogP contribution in [0.15, 0.2) is 41.3 Å². The van der Waals surface area contributed by atoms with Gasteiger partial charge >= 0.3 is 0 Å². The number of nitrogens with zero attached hydrogens (tertiary/aromatic N) is 1. The molecule has 0 saturated heterocycles. The summed E-state index contributed by atoms with van der Waals surface area (Å²) in [5.41, 5.74) is -0.403. The Balaban J connectivity index is 2.40. The first-order valence-electron chi connectivity index (χ1n) is 6.17. The highest BCUT2D eigenvalue weighted by Gasteiger charge is 2.23. The van der Waals surface area contributed by atoms with Crippen molar-refractivity contribution in [2.24, 2.45) is 0 Å². The van der Waals surface area contributed by atoms with Gasteiger partial charge in [0, 0.05) is 21.5 Å². The first-order valence-corrected chi connectivity index (χ1v) is 8.86. The van der Waals surface area contributed by atoms with E-state index in [1.807, 2.05) is 0 Å². The number of fused-ring (bicyclic) bond motifs is 1. The average molecular weight is 376 g/mol. The number of benzene rings is 2. The molecule has 3 aromatic rings. The Bertz CT molecular complexity index is 1010. The number of rotatable bonds is 2. The molecule has 2 N–H and O–H groups in total. The second kappa shape index (κ2) is 5.30. The minimum Gasteiger partial charge on any atom is -0.494 e. The second-order valence-corrected chi connectivity index (χ2v) is 7.64. The van der Waals surface area contributed by atoms with Crippen molar-refractivity contribution in [2.75, 3.05) is 0 Å². The largest absolute Gasteiger partial charge is 0.494 e. The van der Waals surface area contributed by atoms with E-state index in [0.29, 0.717) is 0 Å². The van der Waals surface area contributed by atoms with Crippen LogP contribution in [0.3, 0.4) is 0 Å². The van der Waals surface area contributed by atoms with Gasteiger partial charge in [0.2, 0.25) is 11.8 Å². The molecule has 23 heavy (non-hydrogen) atoms. The molecule has 9 heteroatoms. The fourth-order valence-corrected chi connectivity index (χ4v) is 3.82. The predicted molar refractivity (Wildman–Crippen MR) is 84.6 cm³/mol. The second-order valence-electron chi connectivity index (χ2n) is 4.70. The van der Waals surface area contributed by atoms with E-state index in [0.717, 1.165) is 16.7 Å².